The molecule has 0 spiro atoms. The second-order valence-electron chi connectivity index (χ2n) is 7.55. The summed E-state index contributed by atoms with van der Waals surface area (Å²) in [6.45, 7) is -0.0303. The second kappa shape index (κ2) is 9.65. The number of thiazole rings is 1. The van der Waals surface area contributed by atoms with Gasteiger partial charge in [-0.3, -0.25) is 14.5 Å². The summed E-state index contributed by atoms with van der Waals surface area (Å²) in [5.74, 6) is -0.910. The normalized spacial score (nSPS) is 13.7. The zero-order valence-corrected chi connectivity index (χ0v) is 20.6. The highest BCUT2D eigenvalue weighted by atomic mass is 35.5. The number of fused-ring (bicyclic) bond motifs is 1. The van der Waals surface area contributed by atoms with Gasteiger partial charge in [0.1, 0.15) is 22.6 Å². The number of halogens is 2. The number of anilines is 2. The summed E-state index contributed by atoms with van der Waals surface area (Å²) in [6, 6.07) is 12.4. The first kappa shape index (κ1) is 23.3. The number of aromatic nitrogens is 1. The predicted molar refractivity (Wildman–Crippen MR) is 135 cm³/mol. The van der Waals surface area contributed by atoms with Crippen LogP contribution in [0.5, 0.6) is 5.75 Å². The molecule has 2 amide bonds. The van der Waals surface area contributed by atoms with E-state index in [1.165, 1.54) is 33.6 Å². The number of thiophene rings is 1. The Labute approximate surface area is 213 Å². The van der Waals surface area contributed by atoms with Crippen molar-refractivity contribution in [3.05, 3.63) is 91.3 Å². The highest BCUT2D eigenvalue weighted by Crippen LogP contribution is 2.34. The van der Waals surface area contributed by atoms with Crippen LogP contribution < -0.4 is 20.3 Å². The third kappa shape index (κ3) is 4.60. The van der Waals surface area contributed by atoms with Gasteiger partial charge in [0.05, 0.1) is 15.6 Å². The van der Waals surface area contributed by atoms with Crippen molar-refractivity contribution < 1.29 is 18.7 Å². The van der Waals surface area contributed by atoms with Gasteiger partial charge in [-0.05, 0) is 42.5 Å². The molecule has 1 aliphatic rings. The number of amides is 2. The van der Waals surface area contributed by atoms with E-state index in [-0.39, 0.29) is 29.8 Å². The van der Waals surface area contributed by atoms with E-state index in [0.29, 0.717) is 21.3 Å². The van der Waals surface area contributed by atoms with Crippen LogP contribution in [-0.4, -0.2) is 30.6 Å². The zero-order valence-electron chi connectivity index (χ0n) is 18.2. The predicted octanol–water partition coefficient (Wildman–Crippen LogP) is 5.55. The summed E-state index contributed by atoms with van der Waals surface area (Å²) < 4.78 is 20.5. The van der Waals surface area contributed by atoms with Crippen molar-refractivity contribution in [2.45, 2.75) is 6.04 Å². The summed E-state index contributed by atoms with van der Waals surface area (Å²) in [4.78, 5) is 32.6. The number of carbonyl (C=O) groups excluding carboxylic acids is 2. The van der Waals surface area contributed by atoms with Gasteiger partial charge in [0.2, 0.25) is 0 Å². The topological polar surface area (TPSA) is 83.6 Å². The number of hydrogen-bond donors (Lipinski definition) is 2. The molecule has 178 valence electrons. The number of rotatable bonds is 6. The second-order valence-corrected chi connectivity index (χ2v) is 10.2. The molecule has 2 aromatic carbocycles. The summed E-state index contributed by atoms with van der Waals surface area (Å²) in [5, 5.41) is 8.33. The molecular weight excluding hydrogens is 511 g/mol. The maximum absolute atomic E-state index is 14.2. The van der Waals surface area contributed by atoms with Crippen LogP contribution in [0, 0.1) is 5.82 Å². The van der Waals surface area contributed by atoms with Crippen molar-refractivity contribution >= 4 is 57.5 Å². The largest absolute Gasteiger partial charge is 0.472 e. The first-order valence-corrected chi connectivity index (χ1v) is 12.5. The van der Waals surface area contributed by atoms with Crippen molar-refractivity contribution in [1.82, 2.24) is 10.3 Å². The molecule has 0 saturated heterocycles. The lowest BCUT2D eigenvalue weighted by Crippen LogP contribution is -2.38. The fourth-order valence-electron chi connectivity index (χ4n) is 3.68. The molecule has 5 rings (SSSR count). The third-order valence-corrected chi connectivity index (χ3v) is 7.59. The van der Waals surface area contributed by atoms with E-state index in [1.807, 2.05) is 11.4 Å². The van der Waals surface area contributed by atoms with E-state index in [2.05, 4.69) is 15.6 Å². The van der Waals surface area contributed by atoms with E-state index in [1.54, 1.807) is 43.6 Å². The minimum absolute atomic E-state index is 0.0303. The van der Waals surface area contributed by atoms with Crippen molar-refractivity contribution in [2.24, 2.45) is 0 Å². The molecule has 1 atom stereocenters. The Morgan fingerprint density at radius 3 is 2.69 bits per heavy atom. The smallest absolute Gasteiger partial charge is 0.264 e. The van der Waals surface area contributed by atoms with Crippen LogP contribution in [0.3, 0.4) is 0 Å². The van der Waals surface area contributed by atoms with Crippen molar-refractivity contribution in [1.29, 1.82) is 0 Å². The third-order valence-electron chi connectivity index (χ3n) is 5.46. The maximum atomic E-state index is 14.2. The number of nitrogens with zero attached hydrogens (tertiary/aromatic N) is 2. The molecule has 7 nitrogen and oxygen atoms in total. The number of carbonyl (C=O) groups is 2. The van der Waals surface area contributed by atoms with Gasteiger partial charge in [0, 0.05) is 40.8 Å². The van der Waals surface area contributed by atoms with E-state index in [9.17, 15) is 14.0 Å². The fourth-order valence-corrected chi connectivity index (χ4v) is 5.58. The van der Waals surface area contributed by atoms with Crippen LogP contribution in [0.25, 0.3) is 0 Å². The molecule has 0 bridgehead atoms. The number of hydrogen-bond acceptors (Lipinski definition) is 7. The fraction of sp³-hybridized carbons (Fsp3) is 0.125. The Balaban J connectivity index is 1.34. The number of benzene rings is 2. The minimum Gasteiger partial charge on any atom is -0.472 e. The zero-order chi connectivity index (χ0) is 24.5. The Morgan fingerprint density at radius 2 is 2.03 bits per heavy atom. The number of nitrogens with one attached hydrogen (secondary N) is 2. The number of ether oxygens (including phenoxy) is 1. The molecule has 4 aromatic rings. The molecule has 0 aliphatic carbocycles. The van der Waals surface area contributed by atoms with Crippen molar-refractivity contribution in [3.8, 4) is 5.75 Å². The molecule has 0 radical (unpaired) electrons. The lowest BCUT2D eigenvalue weighted by atomic mass is 10.1. The maximum Gasteiger partial charge on any atom is 0.264 e. The van der Waals surface area contributed by atoms with Crippen LogP contribution in [0.1, 0.15) is 36.6 Å². The molecule has 0 saturated carbocycles. The van der Waals surface area contributed by atoms with E-state index in [0.717, 1.165) is 16.0 Å². The monoisotopic (exact) mass is 528 g/mol. The van der Waals surface area contributed by atoms with Crippen LogP contribution in [0.4, 0.5) is 15.8 Å². The first-order chi connectivity index (χ1) is 16.9. The highest BCUT2D eigenvalue weighted by molar-refractivity contribution is 7.16. The van der Waals surface area contributed by atoms with Gasteiger partial charge in [0.25, 0.3) is 11.8 Å². The average Bonchev–Trinajstić information content (AvgIpc) is 3.55. The lowest BCUT2D eigenvalue weighted by molar-refractivity contribution is 0.0932. The van der Waals surface area contributed by atoms with Gasteiger partial charge in [-0.1, -0.05) is 11.6 Å². The van der Waals surface area contributed by atoms with Gasteiger partial charge in [-0.15, -0.1) is 22.7 Å². The molecule has 1 unspecified atom stereocenters. The van der Waals surface area contributed by atoms with Gasteiger partial charge < -0.3 is 15.4 Å². The summed E-state index contributed by atoms with van der Waals surface area (Å²) in [6.07, 6.45) is 1.68. The summed E-state index contributed by atoms with van der Waals surface area (Å²) in [5.41, 5.74) is 1.32. The Bertz CT molecular complexity index is 1390. The molecule has 0 fully saturated rings. The van der Waals surface area contributed by atoms with Crippen LogP contribution in [-0.2, 0) is 0 Å². The molecule has 2 N–H and O–H groups in total. The summed E-state index contributed by atoms with van der Waals surface area (Å²) in [7, 11) is 1.59. The highest BCUT2D eigenvalue weighted by Gasteiger charge is 2.29. The van der Waals surface area contributed by atoms with Gasteiger partial charge in [0.15, 0.2) is 6.73 Å². The van der Waals surface area contributed by atoms with E-state index in [4.69, 9.17) is 16.3 Å². The minimum atomic E-state index is -0.543. The van der Waals surface area contributed by atoms with E-state index >= 15 is 0 Å². The lowest BCUT2D eigenvalue weighted by Gasteiger charge is -2.29. The van der Waals surface area contributed by atoms with Crippen molar-refractivity contribution in [3.63, 3.8) is 0 Å². The molecule has 11 heteroatoms. The Morgan fingerprint density at radius 1 is 1.23 bits per heavy atom. The van der Waals surface area contributed by atoms with Gasteiger partial charge >= 0.3 is 0 Å². The SMILES string of the molecule is CNc1cc2c(cc1F)C(=O)N(c1ccc(C(=O)NC(c3ccc(Cl)s3)c3nccs3)cc1)CO2. The van der Waals surface area contributed by atoms with Gasteiger partial charge in [-0.2, -0.15) is 0 Å². The molecule has 2 aromatic heterocycles. The van der Waals surface area contributed by atoms with Crippen LogP contribution >= 0.6 is 34.3 Å². The molecular formula is C24H18ClFN4O3S2. The molecule has 1 aliphatic heterocycles. The standard InChI is InChI=1S/C24H18ClFN4O3S2/c1-27-17-11-18-15(10-16(17)26)24(32)30(12-33-18)14-4-2-13(3-5-14)22(31)29-21(23-28-8-9-34-23)19-6-7-20(25)35-19/h2-11,21,27H,12H2,1H3,(H,29,31). The van der Waals surface area contributed by atoms with Crippen LogP contribution in [0.15, 0.2) is 60.1 Å². The van der Waals surface area contributed by atoms with Crippen molar-refractivity contribution in [2.75, 3.05) is 24.0 Å². The Kier molecular flexibility index (Phi) is 6.42. The first-order valence-electron chi connectivity index (χ1n) is 10.5. The molecule has 35 heavy (non-hydrogen) atoms. The van der Waals surface area contributed by atoms with E-state index < -0.39 is 11.9 Å². The van der Waals surface area contributed by atoms with Crippen LogP contribution in [0.2, 0.25) is 4.34 Å². The molecule has 3 heterocycles. The Hall–Kier alpha value is -3.47. The quantitative estimate of drug-likeness (QED) is 0.342. The van der Waals surface area contributed by atoms with Gasteiger partial charge in [-0.25, -0.2) is 9.37 Å². The summed E-state index contributed by atoms with van der Waals surface area (Å²) >= 11 is 8.92. The average molecular weight is 529 g/mol.